The maximum Gasteiger partial charge on any atom is 0.225 e. The molecule has 1 aliphatic heterocycles. The van der Waals surface area contributed by atoms with E-state index in [0.717, 1.165) is 38.2 Å². The molecule has 30 heavy (non-hydrogen) atoms. The molecule has 0 spiro atoms. The van der Waals surface area contributed by atoms with Gasteiger partial charge < -0.3 is 15.1 Å². The molecule has 3 aromatic heterocycles. The molecular formula is C22H21N7O. The van der Waals surface area contributed by atoms with Gasteiger partial charge in [0.15, 0.2) is 11.4 Å². The molecule has 0 radical (unpaired) electrons. The molecule has 0 unspecified atom stereocenters. The molecule has 4 heterocycles. The minimum absolute atomic E-state index is 0.272. The number of anilines is 2. The maximum atomic E-state index is 9.90. The molecule has 8 heteroatoms. The fourth-order valence-corrected chi connectivity index (χ4v) is 4.05. The Morgan fingerprint density at radius 1 is 1.10 bits per heavy atom. The molecule has 0 aliphatic carbocycles. The van der Waals surface area contributed by atoms with Gasteiger partial charge >= 0.3 is 0 Å². The van der Waals surface area contributed by atoms with E-state index < -0.39 is 0 Å². The lowest BCUT2D eigenvalue weighted by Crippen LogP contribution is -2.41. The zero-order valence-corrected chi connectivity index (χ0v) is 16.4. The molecule has 1 aliphatic rings. The summed E-state index contributed by atoms with van der Waals surface area (Å²) < 4.78 is 6.89. The number of hydrogen-bond acceptors (Lipinski definition) is 7. The first-order chi connectivity index (χ1) is 14.7. The Morgan fingerprint density at radius 2 is 1.90 bits per heavy atom. The van der Waals surface area contributed by atoms with Crippen LogP contribution in [0.4, 0.5) is 11.8 Å². The summed E-state index contributed by atoms with van der Waals surface area (Å²) in [5.41, 5.74) is 7.61. The van der Waals surface area contributed by atoms with Crippen molar-refractivity contribution in [3.8, 4) is 17.7 Å². The van der Waals surface area contributed by atoms with Gasteiger partial charge in [0.25, 0.3) is 0 Å². The van der Waals surface area contributed by atoms with Crippen molar-refractivity contribution in [2.24, 2.45) is 5.41 Å². The van der Waals surface area contributed by atoms with E-state index in [1.165, 1.54) is 10.1 Å². The summed E-state index contributed by atoms with van der Waals surface area (Å²) in [5.74, 6) is 2.08. The van der Waals surface area contributed by atoms with Gasteiger partial charge in [0.05, 0.1) is 17.7 Å². The summed E-state index contributed by atoms with van der Waals surface area (Å²) in [5, 5.41) is 14.3. The van der Waals surface area contributed by atoms with Crippen molar-refractivity contribution in [2.75, 3.05) is 23.7 Å². The van der Waals surface area contributed by atoms with E-state index in [2.05, 4.69) is 38.2 Å². The van der Waals surface area contributed by atoms with E-state index in [1.54, 1.807) is 18.4 Å². The monoisotopic (exact) mass is 399 g/mol. The third-order valence-corrected chi connectivity index (χ3v) is 5.75. The molecule has 0 amide bonds. The zero-order chi connectivity index (χ0) is 20.6. The second kappa shape index (κ2) is 7.19. The number of aromatic nitrogens is 4. The fraction of sp³-hybridized carbons (Fsp3) is 0.273. The summed E-state index contributed by atoms with van der Waals surface area (Å²) in [6.07, 6.45) is 3.90. The first kappa shape index (κ1) is 18.2. The number of nitrogens with two attached hydrogens (primary N) is 1. The number of hydrogen-bond donors (Lipinski definition) is 1. The lowest BCUT2D eigenvalue weighted by Gasteiger charge is -2.38. The van der Waals surface area contributed by atoms with Crippen LogP contribution >= 0.6 is 0 Å². The van der Waals surface area contributed by atoms with Crippen LogP contribution in [-0.4, -0.2) is 32.7 Å². The van der Waals surface area contributed by atoms with Crippen molar-refractivity contribution < 1.29 is 4.42 Å². The fourth-order valence-electron chi connectivity index (χ4n) is 4.05. The molecule has 1 aromatic carbocycles. The number of rotatable bonds is 4. The number of furan rings is 1. The second-order valence-electron chi connectivity index (χ2n) is 7.70. The normalized spacial score (nSPS) is 15.9. The van der Waals surface area contributed by atoms with E-state index in [-0.39, 0.29) is 11.4 Å². The lowest BCUT2D eigenvalue weighted by molar-refractivity contribution is 0.301. The molecule has 8 nitrogen and oxygen atoms in total. The minimum Gasteiger partial charge on any atom is -0.461 e. The number of nitrogen functional groups attached to an aromatic ring is 1. The summed E-state index contributed by atoms with van der Waals surface area (Å²) in [7, 11) is 0. The largest absolute Gasteiger partial charge is 0.461 e. The van der Waals surface area contributed by atoms with Crippen molar-refractivity contribution in [3.05, 3.63) is 60.4 Å². The Hall–Kier alpha value is -3.86. The second-order valence-corrected chi connectivity index (χ2v) is 7.70. The van der Waals surface area contributed by atoms with Crippen LogP contribution in [0.2, 0.25) is 0 Å². The van der Waals surface area contributed by atoms with Crippen LogP contribution in [0, 0.1) is 16.7 Å². The Morgan fingerprint density at radius 3 is 2.60 bits per heavy atom. The molecular weight excluding hydrogens is 378 g/mol. The predicted octanol–water partition coefficient (Wildman–Crippen LogP) is 3.32. The SMILES string of the molecule is N#CC1(Cc2ccccc2)CCN(c2cc3nc(-c4ccco4)nn3c(N)n2)CC1. The van der Waals surface area contributed by atoms with Gasteiger partial charge in [-0.15, -0.1) is 5.10 Å². The smallest absolute Gasteiger partial charge is 0.225 e. The molecule has 2 N–H and O–H groups in total. The van der Waals surface area contributed by atoms with E-state index in [0.29, 0.717) is 17.2 Å². The summed E-state index contributed by atoms with van der Waals surface area (Å²) >= 11 is 0. The van der Waals surface area contributed by atoms with Crippen LogP contribution in [0.5, 0.6) is 0 Å². The molecule has 5 rings (SSSR count). The zero-order valence-electron chi connectivity index (χ0n) is 16.4. The highest BCUT2D eigenvalue weighted by Crippen LogP contribution is 2.36. The number of piperidine rings is 1. The Kier molecular flexibility index (Phi) is 4.36. The van der Waals surface area contributed by atoms with Gasteiger partial charge in [-0.1, -0.05) is 30.3 Å². The van der Waals surface area contributed by atoms with Crippen LogP contribution in [0.25, 0.3) is 17.2 Å². The van der Waals surface area contributed by atoms with Crippen LogP contribution in [0.15, 0.2) is 59.2 Å². The van der Waals surface area contributed by atoms with Crippen molar-refractivity contribution >= 4 is 17.4 Å². The van der Waals surface area contributed by atoms with Crippen molar-refractivity contribution in [2.45, 2.75) is 19.3 Å². The third kappa shape index (κ3) is 3.24. The highest BCUT2D eigenvalue weighted by atomic mass is 16.3. The van der Waals surface area contributed by atoms with Crippen LogP contribution in [0.3, 0.4) is 0 Å². The topological polar surface area (TPSA) is 109 Å². The number of nitrogens with zero attached hydrogens (tertiary/aromatic N) is 6. The van der Waals surface area contributed by atoms with Gasteiger partial charge in [-0.25, -0.2) is 4.98 Å². The highest BCUT2D eigenvalue weighted by molar-refractivity contribution is 5.59. The number of benzene rings is 1. The first-order valence-corrected chi connectivity index (χ1v) is 9.93. The van der Waals surface area contributed by atoms with Crippen molar-refractivity contribution in [3.63, 3.8) is 0 Å². The van der Waals surface area contributed by atoms with Gasteiger partial charge in [-0.2, -0.15) is 14.8 Å². The number of nitriles is 1. The van der Waals surface area contributed by atoms with Crippen molar-refractivity contribution in [1.29, 1.82) is 5.26 Å². The number of fused-ring (bicyclic) bond motifs is 1. The van der Waals surface area contributed by atoms with Crippen LogP contribution < -0.4 is 10.6 Å². The van der Waals surface area contributed by atoms with Gasteiger partial charge in [0, 0.05) is 19.2 Å². The third-order valence-electron chi connectivity index (χ3n) is 5.75. The Labute approximate surface area is 173 Å². The van der Waals surface area contributed by atoms with Gasteiger partial charge in [-0.3, -0.25) is 0 Å². The highest BCUT2D eigenvalue weighted by Gasteiger charge is 2.35. The van der Waals surface area contributed by atoms with Crippen molar-refractivity contribution in [1.82, 2.24) is 19.6 Å². The van der Waals surface area contributed by atoms with Crippen LogP contribution in [0.1, 0.15) is 18.4 Å². The quantitative estimate of drug-likeness (QED) is 0.560. The van der Waals surface area contributed by atoms with Gasteiger partial charge in [0.1, 0.15) is 5.82 Å². The molecule has 0 bridgehead atoms. The van der Waals surface area contributed by atoms with E-state index in [4.69, 9.17) is 10.2 Å². The molecule has 0 atom stereocenters. The first-order valence-electron chi connectivity index (χ1n) is 9.93. The maximum absolute atomic E-state index is 9.90. The molecule has 4 aromatic rings. The van der Waals surface area contributed by atoms with E-state index in [9.17, 15) is 5.26 Å². The molecule has 150 valence electrons. The molecule has 0 saturated carbocycles. The molecule has 1 saturated heterocycles. The van der Waals surface area contributed by atoms with E-state index in [1.807, 2.05) is 24.3 Å². The molecule has 1 fully saturated rings. The lowest BCUT2D eigenvalue weighted by atomic mass is 9.75. The predicted molar refractivity (Wildman–Crippen MR) is 113 cm³/mol. The Bertz CT molecular complexity index is 1200. The summed E-state index contributed by atoms with van der Waals surface area (Å²) in [6, 6.07) is 18.3. The van der Waals surface area contributed by atoms with E-state index >= 15 is 0 Å². The van der Waals surface area contributed by atoms with Gasteiger partial charge in [-0.05, 0) is 37.0 Å². The van der Waals surface area contributed by atoms with Crippen LogP contribution in [-0.2, 0) is 6.42 Å². The summed E-state index contributed by atoms with van der Waals surface area (Å²) in [4.78, 5) is 11.2. The minimum atomic E-state index is -0.352. The average Bonchev–Trinajstić information content (AvgIpc) is 3.45. The summed E-state index contributed by atoms with van der Waals surface area (Å²) in [6.45, 7) is 1.48. The Balaban J connectivity index is 1.37. The average molecular weight is 399 g/mol. The standard InChI is InChI=1S/C22H21N7O/c23-15-22(14-16-5-2-1-3-6-16)8-10-28(11-9-22)18-13-19-25-20(17-7-4-12-30-17)27-29(19)21(24)26-18/h1-7,12-13H,8-11,14H2,(H2,24,26). The van der Waals surface area contributed by atoms with Gasteiger partial charge in [0.2, 0.25) is 11.8 Å².